The van der Waals surface area contributed by atoms with Gasteiger partial charge in [-0.1, -0.05) is 32.9 Å². The van der Waals surface area contributed by atoms with E-state index < -0.39 is 4.92 Å². The molecule has 0 atom stereocenters. The molecule has 1 aromatic rings. The summed E-state index contributed by atoms with van der Waals surface area (Å²) < 4.78 is 0. The van der Waals surface area contributed by atoms with Crippen molar-refractivity contribution in [1.82, 2.24) is 0 Å². The molecule has 0 radical (unpaired) electrons. The molecule has 0 saturated carbocycles. The van der Waals surface area contributed by atoms with E-state index in [-0.39, 0.29) is 16.7 Å². The van der Waals surface area contributed by atoms with Crippen molar-refractivity contribution < 1.29 is 4.92 Å². The van der Waals surface area contributed by atoms with Crippen LogP contribution in [0.25, 0.3) is 0 Å². The minimum absolute atomic E-state index is 0.0602. The van der Waals surface area contributed by atoms with Gasteiger partial charge in [-0.2, -0.15) is 5.26 Å². The van der Waals surface area contributed by atoms with Crippen molar-refractivity contribution in [3.63, 3.8) is 0 Å². The van der Waals surface area contributed by atoms with Gasteiger partial charge in [-0.05, 0) is 17.9 Å². The Kier molecular flexibility index (Phi) is 2.99. The maximum absolute atomic E-state index is 11.1. The quantitative estimate of drug-likeness (QED) is 0.537. The van der Waals surface area contributed by atoms with Gasteiger partial charge in [-0.15, -0.1) is 0 Å². The first-order chi connectivity index (χ1) is 7.29. The molecule has 84 valence electrons. The number of nitro groups is 1. The molecule has 0 saturated heterocycles. The number of nitro benzene ring substituents is 1. The van der Waals surface area contributed by atoms with Gasteiger partial charge in [0.05, 0.1) is 4.92 Å². The Bertz CT molecular complexity index is 479. The molecule has 0 spiro atoms. The Hall–Kier alpha value is -1.89. The summed E-state index contributed by atoms with van der Waals surface area (Å²) in [6.07, 6.45) is 0. The molecule has 0 aliphatic rings. The van der Waals surface area contributed by atoms with E-state index in [1.54, 1.807) is 19.1 Å². The van der Waals surface area contributed by atoms with Gasteiger partial charge in [0.2, 0.25) is 0 Å². The van der Waals surface area contributed by atoms with Crippen LogP contribution in [0.5, 0.6) is 0 Å². The average molecular weight is 218 g/mol. The van der Waals surface area contributed by atoms with E-state index in [0.29, 0.717) is 11.1 Å². The van der Waals surface area contributed by atoms with Crippen molar-refractivity contribution in [1.29, 1.82) is 5.26 Å². The van der Waals surface area contributed by atoms with Crippen molar-refractivity contribution in [2.45, 2.75) is 33.1 Å². The monoisotopic (exact) mass is 218 g/mol. The van der Waals surface area contributed by atoms with Gasteiger partial charge >= 0.3 is 0 Å². The summed E-state index contributed by atoms with van der Waals surface area (Å²) in [5.41, 5.74) is 0.996. The van der Waals surface area contributed by atoms with Crippen LogP contribution in [0.1, 0.15) is 37.5 Å². The molecule has 1 aromatic carbocycles. The summed E-state index contributed by atoms with van der Waals surface area (Å²) in [5.74, 6) is 0. The standard InChI is InChI=1S/C12H14N2O2/c1-8-5-6-10(12(2,3)4)11(14(15)16)9(8)7-13/h5-6H,1-4H3. The van der Waals surface area contributed by atoms with Crippen LogP contribution in [-0.4, -0.2) is 4.92 Å². The third-order valence-electron chi connectivity index (χ3n) is 2.49. The molecule has 0 aromatic heterocycles. The highest BCUT2D eigenvalue weighted by atomic mass is 16.6. The van der Waals surface area contributed by atoms with Gasteiger partial charge in [0.1, 0.15) is 11.6 Å². The van der Waals surface area contributed by atoms with Crippen LogP contribution >= 0.6 is 0 Å². The molecule has 0 aliphatic carbocycles. The molecule has 0 N–H and O–H groups in total. The zero-order chi connectivity index (χ0) is 12.5. The number of hydrogen-bond donors (Lipinski definition) is 0. The summed E-state index contributed by atoms with van der Waals surface area (Å²) in [6, 6.07) is 5.40. The average Bonchev–Trinajstić information content (AvgIpc) is 2.14. The van der Waals surface area contributed by atoms with Crippen LogP contribution in [0.15, 0.2) is 12.1 Å². The van der Waals surface area contributed by atoms with Crippen LogP contribution in [0, 0.1) is 28.4 Å². The molecule has 16 heavy (non-hydrogen) atoms. The summed E-state index contributed by atoms with van der Waals surface area (Å²) >= 11 is 0. The number of nitriles is 1. The van der Waals surface area contributed by atoms with Crippen LogP contribution in [0.2, 0.25) is 0 Å². The highest BCUT2D eigenvalue weighted by molar-refractivity contribution is 5.59. The smallest absolute Gasteiger partial charge is 0.258 e. The summed E-state index contributed by atoms with van der Waals surface area (Å²) in [6.45, 7) is 7.39. The minimum Gasteiger partial charge on any atom is -0.258 e. The van der Waals surface area contributed by atoms with Crippen molar-refractivity contribution in [2.24, 2.45) is 0 Å². The molecular weight excluding hydrogens is 204 g/mol. The third-order valence-corrected chi connectivity index (χ3v) is 2.49. The lowest BCUT2D eigenvalue weighted by molar-refractivity contribution is -0.386. The van der Waals surface area contributed by atoms with E-state index in [9.17, 15) is 10.1 Å². The predicted octanol–water partition coefficient (Wildman–Crippen LogP) is 3.07. The first kappa shape index (κ1) is 12.2. The second-order valence-electron chi connectivity index (χ2n) is 4.77. The van der Waals surface area contributed by atoms with E-state index >= 15 is 0 Å². The Morgan fingerprint density at radius 3 is 2.31 bits per heavy atom. The zero-order valence-corrected chi connectivity index (χ0v) is 9.87. The Labute approximate surface area is 94.7 Å². The molecule has 4 heteroatoms. The normalized spacial score (nSPS) is 10.9. The van der Waals surface area contributed by atoms with Gasteiger partial charge in [0.15, 0.2) is 0 Å². The maximum Gasteiger partial charge on any atom is 0.291 e. The summed E-state index contributed by atoms with van der Waals surface area (Å²) in [5, 5.41) is 20.0. The number of rotatable bonds is 1. The molecule has 0 fully saturated rings. The van der Waals surface area contributed by atoms with Crippen molar-refractivity contribution in [3.8, 4) is 6.07 Å². The van der Waals surface area contributed by atoms with Crippen molar-refractivity contribution in [3.05, 3.63) is 38.9 Å². The van der Waals surface area contributed by atoms with Gasteiger partial charge in [-0.3, -0.25) is 10.1 Å². The van der Waals surface area contributed by atoms with E-state index in [1.807, 2.05) is 26.8 Å². The van der Waals surface area contributed by atoms with Crippen LogP contribution in [0.3, 0.4) is 0 Å². The topological polar surface area (TPSA) is 66.9 Å². The van der Waals surface area contributed by atoms with Gasteiger partial charge in [0.25, 0.3) is 5.69 Å². The minimum atomic E-state index is -0.466. The SMILES string of the molecule is Cc1ccc(C(C)(C)C)c([N+](=O)[O-])c1C#N. The zero-order valence-electron chi connectivity index (χ0n) is 9.87. The fourth-order valence-electron chi connectivity index (χ4n) is 1.63. The number of benzene rings is 1. The first-order valence-corrected chi connectivity index (χ1v) is 4.97. The highest BCUT2D eigenvalue weighted by Gasteiger charge is 2.28. The number of nitrogens with zero attached hydrogens (tertiary/aromatic N) is 2. The first-order valence-electron chi connectivity index (χ1n) is 4.97. The fourth-order valence-corrected chi connectivity index (χ4v) is 1.63. The van der Waals surface area contributed by atoms with E-state index in [1.165, 1.54) is 0 Å². The molecular formula is C12H14N2O2. The molecule has 0 unspecified atom stereocenters. The largest absolute Gasteiger partial charge is 0.291 e. The third kappa shape index (κ3) is 2.03. The molecule has 0 heterocycles. The predicted molar refractivity (Wildman–Crippen MR) is 61.2 cm³/mol. The highest BCUT2D eigenvalue weighted by Crippen LogP contribution is 2.34. The molecule has 1 rings (SSSR count). The van der Waals surface area contributed by atoms with Gasteiger partial charge in [0, 0.05) is 5.56 Å². The summed E-state index contributed by atoms with van der Waals surface area (Å²) in [7, 11) is 0. The lowest BCUT2D eigenvalue weighted by atomic mass is 9.84. The van der Waals surface area contributed by atoms with E-state index in [4.69, 9.17) is 5.26 Å². The number of hydrogen-bond acceptors (Lipinski definition) is 3. The van der Waals surface area contributed by atoms with Crippen molar-refractivity contribution >= 4 is 5.69 Å². The van der Waals surface area contributed by atoms with E-state index in [0.717, 1.165) is 0 Å². The lowest BCUT2D eigenvalue weighted by Crippen LogP contribution is -2.15. The van der Waals surface area contributed by atoms with Crippen LogP contribution < -0.4 is 0 Å². The molecule has 0 aliphatic heterocycles. The Balaban J connectivity index is 3.67. The van der Waals surface area contributed by atoms with Crippen LogP contribution in [0.4, 0.5) is 5.69 Å². The molecule has 0 amide bonds. The lowest BCUT2D eigenvalue weighted by Gasteiger charge is -2.19. The van der Waals surface area contributed by atoms with Crippen molar-refractivity contribution in [2.75, 3.05) is 0 Å². The van der Waals surface area contributed by atoms with Gasteiger partial charge < -0.3 is 0 Å². The number of aryl methyl sites for hydroxylation is 1. The van der Waals surface area contributed by atoms with E-state index in [2.05, 4.69) is 0 Å². The Morgan fingerprint density at radius 1 is 1.38 bits per heavy atom. The molecule has 4 nitrogen and oxygen atoms in total. The second-order valence-corrected chi connectivity index (χ2v) is 4.77. The molecule has 0 bridgehead atoms. The van der Waals surface area contributed by atoms with Crippen LogP contribution in [-0.2, 0) is 5.41 Å². The maximum atomic E-state index is 11.1. The second kappa shape index (κ2) is 3.93. The Morgan fingerprint density at radius 2 is 1.94 bits per heavy atom. The fraction of sp³-hybridized carbons (Fsp3) is 0.417. The van der Waals surface area contributed by atoms with Gasteiger partial charge in [-0.25, -0.2) is 0 Å². The summed E-state index contributed by atoms with van der Waals surface area (Å²) in [4.78, 5) is 10.6.